The summed E-state index contributed by atoms with van der Waals surface area (Å²) in [6, 6.07) is 1.88. The van der Waals surface area contributed by atoms with Gasteiger partial charge in [0.1, 0.15) is 0 Å². The van der Waals surface area contributed by atoms with Gasteiger partial charge in [-0.05, 0) is 11.6 Å². The van der Waals surface area contributed by atoms with Crippen LogP contribution in [-0.2, 0) is 13.0 Å². The summed E-state index contributed by atoms with van der Waals surface area (Å²) in [7, 11) is 0. The van der Waals surface area contributed by atoms with E-state index in [0.29, 0.717) is 12.2 Å². The van der Waals surface area contributed by atoms with Gasteiger partial charge in [0, 0.05) is 19.2 Å². The van der Waals surface area contributed by atoms with Gasteiger partial charge in [-0.1, -0.05) is 6.92 Å². The summed E-state index contributed by atoms with van der Waals surface area (Å²) in [4.78, 5) is 8.32. The zero-order valence-corrected chi connectivity index (χ0v) is 7.45. The van der Waals surface area contributed by atoms with E-state index < -0.39 is 0 Å². The molecule has 0 bridgehead atoms. The minimum atomic E-state index is 0.477. The molecule has 0 atom stereocenters. The first-order valence-electron chi connectivity index (χ1n) is 4.28. The van der Waals surface area contributed by atoms with Crippen LogP contribution in [0.25, 0.3) is 11.2 Å². The molecule has 0 spiro atoms. The van der Waals surface area contributed by atoms with Crippen molar-refractivity contribution in [2.45, 2.75) is 19.9 Å². The van der Waals surface area contributed by atoms with E-state index in [4.69, 9.17) is 10.2 Å². The summed E-state index contributed by atoms with van der Waals surface area (Å²) in [5.41, 5.74) is 7.83. The van der Waals surface area contributed by atoms with Crippen molar-refractivity contribution in [3.63, 3.8) is 0 Å². The molecule has 0 unspecified atom stereocenters. The predicted molar refractivity (Wildman–Crippen MR) is 49.1 cm³/mol. The zero-order chi connectivity index (χ0) is 9.26. The number of oxazole rings is 1. The topological polar surface area (TPSA) is 64.9 Å². The van der Waals surface area contributed by atoms with E-state index in [0.717, 1.165) is 23.5 Å². The van der Waals surface area contributed by atoms with Crippen LogP contribution < -0.4 is 5.73 Å². The quantitative estimate of drug-likeness (QED) is 0.749. The number of nitrogens with two attached hydrogens (primary N) is 1. The lowest BCUT2D eigenvalue weighted by Crippen LogP contribution is -1.96. The predicted octanol–water partition coefficient (Wildman–Crippen LogP) is 1.24. The number of nitrogens with zero attached hydrogens (tertiary/aromatic N) is 2. The molecular formula is C9H11N3O. The van der Waals surface area contributed by atoms with Gasteiger partial charge in [0.15, 0.2) is 17.1 Å². The molecule has 0 saturated carbocycles. The van der Waals surface area contributed by atoms with Gasteiger partial charge in [-0.25, -0.2) is 4.98 Å². The summed E-state index contributed by atoms with van der Waals surface area (Å²) >= 11 is 0. The maximum atomic E-state index is 5.48. The largest absolute Gasteiger partial charge is 0.439 e. The highest BCUT2D eigenvalue weighted by Gasteiger charge is 2.04. The standard InChI is InChI=1S/C9H11N3O/c1-2-8-12-9-7(13-8)3-6(4-10)5-11-9/h3,5H,2,4,10H2,1H3. The van der Waals surface area contributed by atoms with E-state index in [1.807, 2.05) is 13.0 Å². The lowest BCUT2D eigenvalue weighted by Gasteiger charge is -1.92. The van der Waals surface area contributed by atoms with E-state index in [9.17, 15) is 0 Å². The highest BCUT2D eigenvalue weighted by atomic mass is 16.3. The smallest absolute Gasteiger partial charge is 0.198 e. The average molecular weight is 177 g/mol. The lowest BCUT2D eigenvalue weighted by molar-refractivity contribution is 0.537. The van der Waals surface area contributed by atoms with Crippen molar-refractivity contribution < 1.29 is 4.42 Å². The third-order valence-electron chi connectivity index (χ3n) is 1.89. The Morgan fingerprint density at radius 3 is 3.08 bits per heavy atom. The molecule has 0 aliphatic carbocycles. The molecule has 0 aromatic carbocycles. The monoisotopic (exact) mass is 177 g/mol. The second-order valence-corrected chi connectivity index (χ2v) is 2.83. The van der Waals surface area contributed by atoms with Crippen molar-refractivity contribution in [2.24, 2.45) is 5.73 Å². The Kier molecular flexibility index (Phi) is 1.98. The van der Waals surface area contributed by atoms with Crippen LogP contribution in [0.2, 0.25) is 0 Å². The summed E-state index contributed by atoms with van der Waals surface area (Å²) < 4.78 is 5.43. The van der Waals surface area contributed by atoms with E-state index in [1.165, 1.54) is 0 Å². The highest BCUT2D eigenvalue weighted by Crippen LogP contribution is 2.14. The van der Waals surface area contributed by atoms with Gasteiger partial charge in [-0.2, -0.15) is 4.98 Å². The van der Waals surface area contributed by atoms with Crippen LogP contribution >= 0.6 is 0 Å². The van der Waals surface area contributed by atoms with Crippen LogP contribution in [0.15, 0.2) is 16.7 Å². The van der Waals surface area contributed by atoms with Crippen molar-refractivity contribution in [1.29, 1.82) is 0 Å². The van der Waals surface area contributed by atoms with Gasteiger partial charge in [-0.3, -0.25) is 0 Å². The van der Waals surface area contributed by atoms with Crippen LogP contribution in [0.1, 0.15) is 18.4 Å². The maximum Gasteiger partial charge on any atom is 0.198 e. The number of fused-ring (bicyclic) bond motifs is 1. The summed E-state index contributed by atoms with van der Waals surface area (Å²) in [6.45, 7) is 2.47. The summed E-state index contributed by atoms with van der Waals surface area (Å²) in [5.74, 6) is 0.719. The van der Waals surface area contributed by atoms with Gasteiger partial charge in [0.25, 0.3) is 0 Å². The third-order valence-corrected chi connectivity index (χ3v) is 1.89. The number of hydrogen-bond acceptors (Lipinski definition) is 4. The number of hydrogen-bond donors (Lipinski definition) is 1. The molecule has 2 heterocycles. The van der Waals surface area contributed by atoms with E-state index in [-0.39, 0.29) is 0 Å². The molecule has 13 heavy (non-hydrogen) atoms. The molecule has 2 aromatic rings. The SMILES string of the molecule is CCc1nc2ncc(CN)cc2o1. The molecule has 4 nitrogen and oxygen atoms in total. The Hall–Kier alpha value is -1.42. The number of rotatable bonds is 2. The molecule has 0 aliphatic heterocycles. The summed E-state index contributed by atoms with van der Waals surface area (Å²) in [5, 5.41) is 0. The number of pyridine rings is 1. The first kappa shape index (κ1) is 8.19. The lowest BCUT2D eigenvalue weighted by atomic mass is 10.3. The normalized spacial score (nSPS) is 10.9. The van der Waals surface area contributed by atoms with E-state index >= 15 is 0 Å². The van der Waals surface area contributed by atoms with Crippen LogP contribution in [0.4, 0.5) is 0 Å². The van der Waals surface area contributed by atoms with Crippen molar-refractivity contribution in [3.05, 3.63) is 23.7 Å². The Balaban J connectivity index is 2.57. The minimum Gasteiger partial charge on any atom is -0.439 e. The molecule has 2 aromatic heterocycles. The fourth-order valence-corrected chi connectivity index (χ4v) is 1.17. The molecule has 68 valence electrons. The fourth-order valence-electron chi connectivity index (χ4n) is 1.17. The van der Waals surface area contributed by atoms with Crippen molar-refractivity contribution in [2.75, 3.05) is 0 Å². The molecule has 0 aliphatic rings. The molecule has 0 fully saturated rings. The van der Waals surface area contributed by atoms with Crippen molar-refractivity contribution in [3.8, 4) is 0 Å². The Morgan fingerprint density at radius 2 is 2.38 bits per heavy atom. The summed E-state index contributed by atoms with van der Waals surface area (Å²) in [6.07, 6.45) is 2.51. The molecule has 0 saturated heterocycles. The van der Waals surface area contributed by atoms with Crippen molar-refractivity contribution in [1.82, 2.24) is 9.97 Å². The molecule has 2 rings (SSSR count). The molecule has 4 heteroatoms. The van der Waals surface area contributed by atoms with Gasteiger partial charge < -0.3 is 10.2 Å². The fraction of sp³-hybridized carbons (Fsp3) is 0.333. The minimum absolute atomic E-state index is 0.477. The number of aromatic nitrogens is 2. The second-order valence-electron chi connectivity index (χ2n) is 2.83. The number of aryl methyl sites for hydroxylation is 1. The molecular weight excluding hydrogens is 166 g/mol. The Bertz CT molecular complexity index is 420. The van der Waals surface area contributed by atoms with Crippen molar-refractivity contribution >= 4 is 11.2 Å². The second kappa shape index (κ2) is 3.14. The van der Waals surface area contributed by atoms with Gasteiger partial charge in [-0.15, -0.1) is 0 Å². The van der Waals surface area contributed by atoms with Crippen LogP contribution in [0, 0.1) is 0 Å². The first-order chi connectivity index (χ1) is 6.33. The molecule has 0 amide bonds. The van der Waals surface area contributed by atoms with Gasteiger partial charge in [0.05, 0.1) is 0 Å². The highest BCUT2D eigenvalue weighted by molar-refractivity contribution is 5.68. The maximum absolute atomic E-state index is 5.48. The third kappa shape index (κ3) is 1.40. The van der Waals surface area contributed by atoms with E-state index in [1.54, 1.807) is 6.20 Å². The van der Waals surface area contributed by atoms with Crippen LogP contribution in [0.5, 0.6) is 0 Å². The van der Waals surface area contributed by atoms with Crippen LogP contribution in [-0.4, -0.2) is 9.97 Å². The van der Waals surface area contributed by atoms with Crippen LogP contribution in [0.3, 0.4) is 0 Å². The average Bonchev–Trinajstić information content (AvgIpc) is 2.58. The molecule has 2 N–H and O–H groups in total. The zero-order valence-electron chi connectivity index (χ0n) is 7.45. The van der Waals surface area contributed by atoms with Gasteiger partial charge in [0.2, 0.25) is 0 Å². The Labute approximate surface area is 75.8 Å². The first-order valence-corrected chi connectivity index (χ1v) is 4.28. The molecule has 0 radical (unpaired) electrons. The van der Waals surface area contributed by atoms with Gasteiger partial charge >= 0.3 is 0 Å². The Morgan fingerprint density at radius 1 is 1.54 bits per heavy atom. The van der Waals surface area contributed by atoms with E-state index in [2.05, 4.69) is 9.97 Å².